The highest BCUT2D eigenvalue weighted by molar-refractivity contribution is 5.78. The van der Waals surface area contributed by atoms with Crippen molar-refractivity contribution in [2.24, 2.45) is 0 Å². The van der Waals surface area contributed by atoms with E-state index in [4.69, 9.17) is 5.26 Å². The smallest absolute Gasteiger partial charge is 0.236 e. The van der Waals surface area contributed by atoms with Crippen LogP contribution < -0.4 is 4.90 Å². The summed E-state index contributed by atoms with van der Waals surface area (Å²) in [7, 11) is 0. The largest absolute Gasteiger partial charge is 0.350 e. The molecule has 0 radical (unpaired) electrons. The van der Waals surface area contributed by atoms with Gasteiger partial charge < -0.3 is 9.80 Å². The second-order valence-corrected chi connectivity index (χ2v) is 4.89. The van der Waals surface area contributed by atoms with E-state index in [2.05, 4.69) is 20.1 Å². The maximum atomic E-state index is 11.7. The molecule has 1 fully saturated rings. The molecule has 3 heterocycles. The van der Waals surface area contributed by atoms with Crippen LogP contribution >= 0.6 is 0 Å². The summed E-state index contributed by atoms with van der Waals surface area (Å²) in [5, 5.41) is 16.8. The van der Waals surface area contributed by atoms with Gasteiger partial charge in [0.2, 0.25) is 11.6 Å². The van der Waals surface area contributed by atoms with Crippen LogP contribution in [-0.4, -0.2) is 56.6 Å². The van der Waals surface area contributed by atoms with Gasteiger partial charge in [-0.3, -0.25) is 9.20 Å². The monoisotopic (exact) mass is 285 g/mol. The normalized spacial score (nSPS) is 15.2. The molecule has 2 aromatic heterocycles. The Labute approximate surface area is 121 Å². The molecule has 0 aliphatic carbocycles. The van der Waals surface area contributed by atoms with Crippen LogP contribution in [0, 0.1) is 18.3 Å². The Morgan fingerprint density at radius 2 is 2.10 bits per heavy atom. The van der Waals surface area contributed by atoms with E-state index in [1.54, 1.807) is 11.1 Å². The molecule has 0 N–H and O–H groups in total. The van der Waals surface area contributed by atoms with Crippen molar-refractivity contribution < 1.29 is 4.79 Å². The lowest BCUT2D eigenvalue weighted by Crippen LogP contribution is -2.49. The van der Waals surface area contributed by atoms with Crippen molar-refractivity contribution in [2.75, 3.05) is 31.1 Å². The Bertz CT molecular complexity index is 709. The molecule has 0 atom stereocenters. The van der Waals surface area contributed by atoms with Crippen molar-refractivity contribution in [2.45, 2.75) is 13.3 Å². The molecule has 0 bridgehead atoms. The minimum absolute atomic E-state index is 0.0583. The maximum Gasteiger partial charge on any atom is 0.236 e. The lowest BCUT2D eigenvalue weighted by molar-refractivity contribution is -0.130. The predicted molar refractivity (Wildman–Crippen MR) is 74.5 cm³/mol. The molecule has 3 rings (SSSR count). The Hall–Kier alpha value is -2.69. The number of piperazine rings is 1. The molecule has 108 valence electrons. The van der Waals surface area contributed by atoms with E-state index in [1.165, 1.54) is 0 Å². The van der Waals surface area contributed by atoms with Gasteiger partial charge in [-0.1, -0.05) is 0 Å². The Morgan fingerprint density at radius 3 is 2.81 bits per heavy atom. The Morgan fingerprint density at radius 1 is 1.33 bits per heavy atom. The zero-order valence-corrected chi connectivity index (χ0v) is 11.7. The predicted octanol–water partition coefficient (Wildman–Crippen LogP) is -0.00500. The van der Waals surface area contributed by atoms with Crippen LogP contribution in [0.2, 0.25) is 0 Å². The number of amides is 1. The second kappa shape index (κ2) is 5.36. The van der Waals surface area contributed by atoms with Gasteiger partial charge >= 0.3 is 0 Å². The first-order valence-corrected chi connectivity index (χ1v) is 6.76. The number of anilines is 1. The number of nitriles is 1. The highest BCUT2D eigenvalue weighted by atomic mass is 16.2. The van der Waals surface area contributed by atoms with Crippen molar-refractivity contribution in [3.05, 3.63) is 18.2 Å². The van der Waals surface area contributed by atoms with Gasteiger partial charge in [-0.15, -0.1) is 10.2 Å². The highest BCUT2D eigenvalue weighted by Crippen LogP contribution is 2.19. The number of aryl methyl sites for hydroxylation is 1. The zero-order chi connectivity index (χ0) is 14.8. The standard InChI is InChI=1S/C13H15N7O/c1-10-16-17-13-12(15-4-5-20(10)13)19-8-6-18(7-9-19)11(21)2-3-14/h4-5H,2,6-9H2,1H3. The lowest BCUT2D eigenvalue weighted by Gasteiger charge is -2.35. The van der Waals surface area contributed by atoms with Crippen LogP contribution in [-0.2, 0) is 4.79 Å². The molecule has 0 spiro atoms. The van der Waals surface area contributed by atoms with E-state index >= 15 is 0 Å². The number of fused-ring (bicyclic) bond motifs is 1. The summed E-state index contributed by atoms with van der Waals surface area (Å²) >= 11 is 0. The van der Waals surface area contributed by atoms with Gasteiger partial charge in [-0.25, -0.2) is 4.98 Å². The van der Waals surface area contributed by atoms with Crippen LogP contribution in [0.4, 0.5) is 5.82 Å². The molecule has 8 heteroatoms. The molecule has 1 aliphatic rings. The molecule has 1 saturated heterocycles. The van der Waals surface area contributed by atoms with Crippen LogP contribution in [0.5, 0.6) is 0 Å². The molecule has 1 amide bonds. The summed E-state index contributed by atoms with van der Waals surface area (Å²) in [4.78, 5) is 19.9. The van der Waals surface area contributed by atoms with Gasteiger partial charge in [0.15, 0.2) is 5.82 Å². The topological polar surface area (TPSA) is 90.4 Å². The first-order valence-electron chi connectivity index (χ1n) is 6.76. The second-order valence-electron chi connectivity index (χ2n) is 4.89. The van der Waals surface area contributed by atoms with Gasteiger partial charge in [0, 0.05) is 38.6 Å². The van der Waals surface area contributed by atoms with Gasteiger partial charge in [0.05, 0.1) is 6.07 Å². The number of rotatable bonds is 2. The van der Waals surface area contributed by atoms with Crippen molar-refractivity contribution in [1.29, 1.82) is 5.26 Å². The fourth-order valence-electron chi connectivity index (χ4n) is 2.50. The minimum atomic E-state index is -0.110. The third-order valence-corrected chi connectivity index (χ3v) is 3.64. The zero-order valence-electron chi connectivity index (χ0n) is 11.7. The molecule has 0 aromatic carbocycles. The van der Waals surface area contributed by atoms with E-state index in [9.17, 15) is 4.79 Å². The summed E-state index contributed by atoms with van der Waals surface area (Å²) in [5.74, 6) is 1.49. The molecular weight excluding hydrogens is 270 g/mol. The summed E-state index contributed by atoms with van der Waals surface area (Å²) < 4.78 is 1.90. The third-order valence-electron chi connectivity index (χ3n) is 3.64. The first-order chi connectivity index (χ1) is 10.2. The Balaban J connectivity index is 1.77. The number of nitrogens with zero attached hydrogens (tertiary/aromatic N) is 7. The average Bonchev–Trinajstić information content (AvgIpc) is 2.89. The number of hydrogen-bond acceptors (Lipinski definition) is 6. The fraction of sp³-hybridized carbons (Fsp3) is 0.462. The van der Waals surface area contributed by atoms with Crippen molar-refractivity contribution in [1.82, 2.24) is 24.5 Å². The van der Waals surface area contributed by atoms with Crippen molar-refractivity contribution >= 4 is 17.4 Å². The molecule has 1 aliphatic heterocycles. The summed E-state index contributed by atoms with van der Waals surface area (Å²) in [6.45, 7) is 4.43. The van der Waals surface area contributed by atoms with Crippen molar-refractivity contribution in [3.8, 4) is 6.07 Å². The van der Waals surface area contributed by atoms with E-state index in [0.717, 1.165) is 17.3 Å². The van der Waals surface area contributed by atoms with E-state index in [-0.39, 0.29) is 12.3 Å². The van der Waals surface area contributed by atoms with Gasteiger partial charge in [0.25, 0.3) is 0 Å². The van der Waals surface area contributed by atoms with Crippen LogP contribution in [0.3, 0.4) is 0 Å². The molecular formula is C13H15N7O. The molecule has 2 aromatic rings. The van der Waals surface area contributed by atoms with Crippen LogP contribution in [0.1, 0.15) is 12.2 Å². The van der Waals surface area contributed by atoms with E-state index < -0.39 is 0 Å². The molecule has 21 heavy (non-hydrogen) atoms. The maximum absolute atomic E-state index is 11.7. The number of carbonyl (C=O) groups excluding carboxylic acids is 1. The number of hydrogen-bond donors (Lipinski definition) is 0. The van der Waals surface area contributed by atoms with E-state index in [0.29, 0.717) is 26.2 Å². The highest BCUT2D eigenvalue weighted by Gasteiger charge is 2.23. The van der Waals surface area contributed by atoms with E-state index in [1.807, 2.05) is 23.6 Å². The van der Waals surface area contributed by atoms with Crippen LogP contribution in [0.25, 0.3) is 5.65 Å². The number of aromatic nitrogens is 4. The minimum Gasteiger partial charge on any atom is -0.350 e. The SMILES string of the molecule is Cc1nnc2c(N3CCN(C(=O)CC#N)CC3)nccn12. The number of carbonyl (C=O) groups is 1. The molecule has 0 saturated carbocycles. The van der Waals surface area contributed by atoms with Gasteiger partial charge in [-0.05, 0) is 6.92 Å². The average molecular weight is 285 g/mol. The third kappa shape index (κ3) is 2.38. The first kappa shape index (κ1) is 13.3. The summed E-state index contributed by atoms with van der Waals surface area (Å²) in [5.41, 5.74) is 0.729. The fourth-order valence-corrected chi connectivity index (χ4v) is 2.50. The summed E-state index contributed by atoms with van der Waals surface area (Å²) in [6, 6.07) is 1.90. The Kier molecular flexibility index (Phi) is 3.39. The van der Waals surface area contributed by atoms with Crippen LogP contribution in [0.15, 0.2) is 12.4 Å². The van der Waals surface area contributed by atoms with Crippen molar-refractivity contribution in [3.63, 3.8) is 0 Å². The molecule has 0 unspecified atom stereocenters. The van der Waals surface area contributed by atoms with Gasteiger partial charge in [-0.2, -0.15) is 5.26 Å². The summed E-state index contributed by atoms with van der Waals surface area (Å²) in [6.07, 6.45) is 3.50. The molecule has 8 nitrogen and oxygen atoms in total. The lowest BCUT2D eigenvalue weighted by atomic mass is 10.3. The van der Waals surface area contributed by atoms with Gasteiger partial charge in [0.1, 0.15) is 12.2 Å². The quantitative estimate of drug-likeness (QED) is 0.771.